The van der Waals surface area contributed by atoms with Gasteiger partial charge in [0.25, 0.3) is 0 Å². The minimum atomic E-state index is 1.20. The van der Waals surface area contributed by atoms with Crippen molar-refractivity contribution in [3.05, 3.63) is 84.9 Å². The summed E-state index contributed by atoms with van der Waals surface area (Å²) in [5.41, 5.74) is 7.85. The molecule has 0 amide bonds. The van der Waals surface area contributed by atoms with Crippen LogP contribution in [0.15, 0.2) is 84.9 Å². The molecular formula is C26H15N. The minimum absolute atomic E-state index is 1.20. The van der Waals surface area contributed by atoms with Crippen LogP contribution in [0.25, 0.3) is 65.6 Å². The second-order valence-corrected chi connectivity index (χ2v) is 7.49. The highest BCUT2D eigenvalue weighted by Crippen LogP contribution is 2.49. The average Bonchev–Trinajstić information content (AvgIpc) is 3.25. The number of aromatic nitrogens is 1. The number of hydrogen-bond acceptors (Lipinski definition) is 0. The second-order valence-electron chi connectivity index (χ2n) is 7.49. The summed E-state index contributed by atoms with van der Waals surface area (Å²) < 4.78 is 0. The van der Waals surface area contributed by atoms with Crippen LogP contribution in [-0.2, 0) is 0 Å². The van der Waals surface area contributed by atoms with E-state index >= 15 is 0 Å². The molecule has 0 radical (unpaired) electrons. The van der Waals surface area contributed by atoms with Gasteiger partial charge in [0, 0.05) is 21.7 Å². The van der Waals surface area contributed by atoms with Crippen LogP contribution >= 0.6 is 0 Å². The van der Waals surface area contributed by atoms with Crippen molar-refractivity contribution in [2.75, 3.05) is 0 Å². The molecule has 0 fully saturated rings. The van der Waals surface area contributed by atoms with Crippen LogP contribution in [0.5, 0.6) is 0 Å². The van der Waals surface area contributed by atoms with Crippen molar-refractivity contribution >= 4 is 43.4 Å². The average molecular weight is 341 g/mol. The summed E-state index contributed by atoms with van der Waals surface area (Å²) in [5, 5.41) is 7.89. The first-order valence-electron chi connectivity index (χ1n) is 9.38. The highest BCUT2D eigenvalue weighted by Gasteiger charge is 2.22. The van der Waals surface area contributed by atoms with Crippen molar-refractivity contribution in [3.8, 4) is 22.3 Å². The van der Waals surface area contributed by atoms with E-state index in [-0.39, 0.29) is 0 Å². The number of fused-ring (bicyclic) bond motifs is 8. The van der Waals surface area contributed by atoms with Gasteiger partial charge >= 0.3 is 0 Å². The van der Waals surface area contributed by atoms with Crippen molar-refractivity contribution < 1.29 is 0 Å². The lowest BCUT2D eigenvalue weighted by Crippen LogP contribution is -1.81. The number of rotatable bonds is 0. The molecule has 1 N–H and O–H groups in total. The molecule has 1 aliphatic carbocycles. The van der Waals surface area contributed by atoms with E-state index in [1.165, 1.54) is 65.6 Å². The zero-order valence-electron chi connectivity index (χ0n) is 14.6. The summed E-state index contributed by atoms with van der Waals surface area (Å²) in [5.74, 6) is 0. The van der Waals surface area contributed by atoms with Crippen molar-refractivity contribution in [2.24, 2.45) is 0 Å². The van der Waals surface area contributed by atoms with Crippen molar-refractivity contribution in [3.63, 3.8) is 0 Å². The number of aromatic amines is 1. The van der Waals surface area contributed by atoms with E-state index in [2.05, 4.69) is 89.9 Å². The van der Waals surface area contributed by atoms with Crippen LogP contribution in [-0.4, -0.2) is 4.98 Å². The fourth-order valence-electron chi connectivity index (χ4n) is 4.93. The molecule has 1 heteroatoms. The molecule has 6 aromatic rings. The molecule has 0 saturated carbocycles. The standard InChI is InChI=1S/C26H15N/c1-2-10-24-17(7-1)20-12-11-16-13-22-18-8-3-5-15-6-4-9-19(25(15)18)23(22)14-21(16)26(20)27-24/h1-14,27H. The van der Waals surface area contributed by atoms with Gasteiger partial charge in [-0.1, -0.05) is 66.7 Å². The quantitative estimate of drug-likeness (QED) is 0.298. The zero-order chi connectivity index (χ0) is 17.5. The monoisotopic (exact) mass is 341 g/mol. The molecule has 0 spiro atoms. The van der Waals surface area contributed by atoms with Gasteiger partial charge in [-0.05, 0) is 56.6 Å². The molecular weight excluding hydrogens is 326 g/mol. The molecule has 1 heterocycles. The van der Waals surface area contributed by atoms with Crippen LogP contribution in [0.4, 0.5) is 0 Å². The first-order valence-corrected chi connectivity index (χ1v) is 9.38. The van der Waals surface area contributed by atoms with Gasteiger partial charge in [-0.3, -0.25) is 0 Å². The molecule has 1 aromatic heterocycles. The van der Waals surface area contributed by atoms with Gasteiger partial charge in [0.15, 0.2) is 0 Å². The molecule has 0 atom stereocenters. The maximum Gasteiger partial charge on any atom is 0.0544 e. The minimum Gasteiger partial charge on any atom is -0.354 e. The van der Waals surface area contributed by atoms with E-state index in [4.69, 9.17) is 0 Å². The molecule has 124 valence electrons. The maximum absolute atomic E-state index is 3.66. The number of H-pyrrole nitrogens is 1. The third-order valence-electron chi connectivity index (χ3n) is 6.12. The van der Waals surface area contributed by atoms with Crippen LogP contribution in [0.2, 0.25) is 0 Å². The summed E-state index contributed by atoms with van der Waals surface area (Å²) in [7, 11) is 0. The summed E-state index contributed by atoms with van der Waals surface area (Å²) in [6.45, 7) is 0. The van der Waals surface area contributed by atoms with Gasteiger partial charge in [0.05, 0.1) is 5.52 Å². The van der Waals surface area contributed by atoms with Crippen LogP contribution in [0.3, 0.4) is 0 Å². The number of nitrogens with one attached hydrogen (secondary N) is 1. The molecule has 7 rings (SSSR count). The van der Waals surface area contributed by atoms with Crippen molar-refractivity contribution in [2.45, 2.75) is 0 Å². The Bertz CT molecular complexity index is 1560. The molecule has 0 bridgehead atoms. The topological polar surface area (TPSA) is 15.8 Å². The molecule has 5 aromatic carbocycles. The van der Waals surface area contributed by atoms with E-state index in [0.717, 1.165) is 0 Å². The van der Waals surface area contributed by atoms with Crippen molar-refractivity contribution in [1.29, 1.82) is 0 Å². The number of benzene rings is 5. The Morgan fingerprint density at radius 2 is 1.26 bits per heavy atom. The van der Waals surface area contributed by atoms with Gasteiger partial charge in [-0.25, -0.2) is 0 Å². The second kappa shape index (κ2) is 4.57. The largest absolute Gasteiger partial charge is 0.354 e. The Labute approximate surface area is 155 Å². The first-order chi connectivity index (χ1) is 13.4. The smallest absolute Gasteiger partial charge is 0.0544 e. The highest BCUT2D eigenvalue weighted by atomic mass is 14.7. The van der Waals surface area contributed by atoms with Crippen LogP contribution < -0.4 is 0 Å². The lowest BCUT2D eigenvalue weighted by atomic mass is 9.97. The first kappa shape index (κ1) is 13.6. The predicted molar refractivity (Wildman–Crippen MR) is 115 cm³/mol. The lowest BCUT2D eigenvalue weighted by Gasteiger charge is -2.07. The fourth-order valence-corrected chi connectivity index (χ4v) is 4.93. The Morgan fingerprint density at radius 3 is 2.11 bits per heavy atom. The lowest BCUT2D eigenvalue weighted by molar-refractivity contribution is 1.56. The molecule has 0 aliphatic heterocycles. The van der Waals surface area contributed by atoms with Crippen LogP contribution in [0, 0.1) is 0 Å². The molecule has 0 saturated heterocycles. The molecule has 0 unspecified atom stereocenters. The van der Waals surface area contributed by atoms with Gasteiger partial charge in [0.1, 0.15) is 0 Å². The SMILES string of the molecule is c1cc2c3c(cccc3c1)-c1cc3c(ccc4c5ccccc5[nH]c34)cc1-2. The number of hydrogen-bond donors (Lipinski definition) is 1. The molecule has 1 nitrogen and oxygen atoms in total. The van der Waals surface area contributed by atoms with Gasteiger partial charge in [0.2, 0.25) is 0 Å². The third kappa shape index (κ3) is 1.60. The summed E-state index contributed by atoms with van der Waals surface area (Å²) >= 11 is 0. The van der Waals surface area contributed by atoms with E-state index < -0.39 is 0 Å². The zero-order valence-corrected chi connectivity index (χ0v) is 14.6. The Hall–Kier alpha value is -3.58. The Kier molecular flexibility index (Phi) is 2.30. The maximum atomic E-state index is 3.66. The summed E-state index contributed by atoms with van der Waals surface area (Å²) in [6.07, 6.45) is 0. The predicted octanol–water partition coefficient (Wildman–Crippen LogP) is 7.27. The van der Waals surface area contributed by atoms with Crippen molar-refractivity contribution in [1.82, 2.24) is 4.98 Å². The number of para-hydroxylation sites is 1. The van der Waals surface area contributed by atoms with E-state index in [1.807, 2.05) is 0 Å². The normalized spacial score (nSPS) is 12.4. The molecule has 1 aliphatic rings. The van der Waals surface area contributed by atoms with Crippen LogP contribution in [0.1, 0.15) is 0 Å². The highest BCUT2D eigenvalue weighted by molar-refractivity contribution is 6.22. The summed E-state index contributed by atoms with van der Waals surface area (Å²) in [4.78, 5) is 3.66. The van der Waals surface area contributed by atoms with E-state index in [1.54, 1.807) is 0 Å². The van der Waals surface area contributed by atoms with Gasteiger partial charge in [-0.2, -0.15) is 0 Å². The van der Waals surface area contributed by atoms with Gasteiger partial charge < -0.3 is 4.98 Å². The summed E-state index contributed by atoms with van der Waals surface area (Å²) in [6, 6.07) is 31.1. The van der Waals surface area contributed by atoms with Gasteiger partial charge in [-0.15, -0.1) is 0 Å². The van der Waals surface area contributed by atoms with E-state index in [9.17, 15) is 0 Å². The Morgan fingerprint density at radius 1 is 0.481 bits per heavy atom. The van der Waals surface area contributed by atoms with E-state index in [0.29, 0.717) is 0 Å². The molecule has 27 heavy (non-hydrogen) atoms. The fraction of sp³-hybridized carbons (Fsp3) is 0. The third-order valence-corrected chi connectivity index (χ3v) is 6.12. The Balaban J connectivity index is 1.67.